The first-order chi connectivity index (χ1) is 12.5. The van der Waals surface area contributed by atoms with Crippen LogP contribution in [0.3, 0.4) is 0 Å². The third kappa shape index (κ3) is 3.05. The Morgan fingerprint density at radius 2 is 1.88 bits per heavy atom. The third-order valence-corrected chi connectivity index (χ3v) is 5.02. The number of fused-ring (bicyclic) bond motifs is 1. The topological polar surface area (TPSA) is 56.1 Å². The van der Waals surface area contributed by atoms with Crippen molar-refractivity contribution in [1.29, 1.82) is 0 Å². The van der Waals surface area contributed by atoms with Crippen molar-refractivity contribution in [2.45, 2.75) is 33.0 Å². The summed E-state index contributed by atoms with van der Waals surface area (Å²) in [6.45, 7) is 7.95. The van der Waals surface area contributed by atoms with E-state index in [2.05, 4.69) is 53.1 Å². The van der Waals surface area contributed by atoms with E-state index in [-0.39, 0.29) is 12.2 Å². The smallest absolute Gasteiger partial charge is 0.163 e. The lowest BCUT2D eigenvalue weighted by Gasteiger charge is -2.40. The van der Waals surface area contributed by atoms with Gasteiger partial charge in [0.05, 0.1) is 17.7 Å². The second kappa shape index (κ2) is 6.68. The molecule has 6 nitrogen and oxygen atoms in total. The molecular formula is C20H25N5O. The van der Waals surface area contributed by atoms with E-state index in [1.165, 1.54) is 5.56 Å². The Kier molecular flexibility index (Phi) is 4.36. The number of rotatable bonds is 3. The first kappa shape index (κ1) is 17.0. The lowest BCUT2D eigenvalue weighted by atomic mass is 10.0. The highest BCUT2D eigenvalue weighted by Crippen LogP contribution is 2.33. The molecule has 6 heteroatoms. The molecule has 1 aromatic carbocycles. The SMILES string of the molecule is Cc1nc(N2C[C@@H](c3ccccc3)O[C@@H](C(C)C)C2)c2cnn(C)c2n1. The van der Waals surface area contributed by atoms with Crippen molar-refractivity contribution in [2.75, 3.05) is 18.0 Å². The van der Waals surface area contributed by atoms with Gasteiger partial charge >= 0.3 is 0 Å². The molecule has 1 aliphatic rings. The van der Waals surface area contributed by atoms with E-state index in [1.807, 2.05) is 30.9 Å². The van der Waals surface area contributed by atoms with Crippen LogP contribution in [0.25, 0.3) is 11.0 Å². The van der Waals surface area contributed by atoms with E-state index in [4.69, 9.17) is 9.72 Å². The fourth-order valence-electron chi connectivity index (χ4n) is 3.54. The molecule has 2 atom stereocenters. The minimum Gasteiger partial charge on any atom is -0.366 e. The molecule has 0 bridgehead atoms. The molecule has 0 spiro atoms. The van der Waals surface area contributed by atoms with Crippen molar-refractivity contribution >= 4 is 16.9 Å². The van der Waals surface area contributed by atoms with Gasteiger partial charge in [-0.25, -0.2) is 9.97 Å². The van der Waals surface area contributed by atoms with Gasteiger partial charge in [0.15, 0.2) is 5.65 Å². The molecule has 26 heavy (non-hydrogen) atoms. The van der Waals surface area contributed by atoms with E-state index in [0.717, 1.165) is 35.8 Å². The van der Waals surface area contributed by atoms with Crippen molar-refractivity contribution in [2.24, 2.45) is 13.0 Å². The number of aromatic nitrogens is 4. The minimum absolute atomic E-state index is 0.0272. The van der Waals surface area contributed by atoms with E-state index < -0.39 is 0 Å². The maximum Gasteiger partial charge on any atom is 0.163 e. The van der Waals surface area contributed by atoms with Crippen molar-refractivity contribution in [3.8, 4) is 0 Å². The molecule has 1 fully saturated rings. The Balaban J connectivity index is 1.75. The Hall–Kier alpha value is -2.47. The molecular weight excluding hydrogens is 326 g/mol. The van der Waals surface area contributed by atoms with Gasteiger partial charge in [0, 0.05) is 20.1 Å². The van der Waals surface area contributed by atoms with Gasteiger partial charge < -0.3 is 9.64 Å². The second-order valence-corrected chi connectivity index (χ2v) is 7.32. The monoisotopic (exact) mass is 351 g/mol. The average Bonchev–Trinajstić information content (AvgIpc) is 3.02. The van der Waals surface area contributed by atoms with Crippen LogP contribution in [-0.2, 0) is 11.8 Å². The van der Waals surface area contributed by atoms with E-state index in [0.29, 0.717) is 5.92 Å². The summed E-state index contributed by atoms with van der Waals surface area (Å²) in [4.78, 5) is 11.7. The summed E-state index contributed by atoms with van der Waals surface area (Å²) in [6, 6.07) is 10.4. The summed E-state index contributed by atoms with van der Waals surface area (Å²) in [5.74, 6) is 2.15. The van der Waals surface area contributed by atoms with Crippen molar-refractivity contribution in [3.05, 3.63) is 47.9 Å². The standard InChI is InChI=1S/C20H25N5O/c1-13(2)17-11-25(12-18(26-17)15-8-6-5-7-9-15)20-16-10-21-24(4)19(16)22-14(3)23-20/h5-10,13,17-18H,11-12H2,1-4H3/t17-,18+/m1/s1. The van der Waals surface area contributed by atoms with Gasteiger partial charge in [0.1, 0.15) is 17.7 Å². The van der Waals surface area contributed by atoms with Gasteiger partial charge in [-0.05, 0) is 18.4 Å². The maximum absolute atomic E-state index is 6.43. The zero-order valence-corrected chi connectivity index (χ0v) is 15.8. The van der Waals surface area contributed by atoms with Crippen LogP contribution in [0.2, 0.25) is 0 Å². The predicted octanol–water partition coefficient (Wildman–Crippen LogP) is 3.27. The summed E-state index contributed by atoms with van der Waals surface area (Å²) in [6.07, 6.45) is 2.04. The molecule has 4 rings (SSSR count). The molecule has 0 radical (unpaired) electrons. The number of morpholine rings is 1. The first-order valence-electron chi connectivity index (χ1n) is 9.14. The lowest BCUT2D eigenvalue weighted by Crippen LogP contribution is -2.46. The van der Waals surface area contributed by atoms with Crippen LogP contribution in [-0.4, -0.2) is 38.9 Å². The summed E-state index contributed by atoms with van der Waals surface area (Å²) in [7, 11) is 1.92. The Bertz CT molecular complexity index is 905. The number of aryl methyl sites for hydroxylation is 2. The number of hydrogen-bond donors (Lipinski definition) is 0. The predicted molar refractivity (Wildman–Crippen MR) is 102 cm³/mol. The summed E-state index contributed by atoms with van der Waals surface area (Å²) in [5, 5.41) is 5.37. The van der Waals surface area contributed by atoms with Gasteiger partial charge in [0.25, 0.3) is 0 Å². The Morgan fingerprint density at radius 1 is 1.12 bits per heavy atom. The van der Waals surface area contributed by atoms with E-state index in [9.17, 15) is 0 Å². The van der Waals surface area contributed by atoms with Crippen LogP contribution in [0.5, 0.6) is 0 Å². The van der Waals surface area contributed by atoms with Crippen LogP contribution in [0.1, 0.15) is 31.3 Å². The number of anilines is 1. The van der Waals surface area contributed by atoms with Crippen molar-refractivity contribution in [3.63, 3.8) is 0 Å². The molecule has 1 saturated heterocycles. The zero-order chi connectivity index (χ0) is 18.3. The third-order valence-electron chi connectivity index (χ3n) is 5.02. The fourth-order valence-corrected chi connectivity index (χ4v) is 3.54. The molecule has 0 N–H and O–H groups in total. The summed E-state index contributed by atoms with van der Waals surface area (Å²) < 4.78 is 8.24. The quantitative estimate of drug-likeness (QED) is 0.725. The minimum atomic E-state index is 0.0272. The molecule has 0 aliphatic carbocycles. The lowest BCUT2D eigenvalue weighted by molar-refractivity contribution is -0.0500. The van der Waals surface area contributed by atoms with Gasteiger partial charge in [0.2, 0.25) is 0 Å². The molecule has 1 aliphatic heterocycles. The number of hydrogen-bond acceptors (Lipinski definition) is 5. The highest BCUT2D eigenvalue weighted by atomic mass is 16.5. The average molecular weight is 351 g/mol. The molecule has 0 amide bonds. The number of ether oxygens (including phenoxy) is 1. The van der Waals surface area contributed by atoms with Crippen LogP contribution < -0.4 is 4.90 Å². The Labute approximate surface area is 153 Å². The maximum atomic E-state index is 6.43. The van der Waals surface area contributed by atoms with Gasteiger partial charge in [-0.3, -0.25) is 4.68 Å². The van der Waals surface area contributed by atoms with Gasteiger partial charge in [-0.15, -0.1) is 0 Å². The van der Waals surface area contributed by atoms with Crippen molar-refractivity contribution < 1.29 is 4.74 Å². The van der Waals surface area contributed by atoms with Crippen LogP contribution in [0.15, 0.2) is 36.5 Å². The Morgan fingerprint density at radius 3 is 2.62 bits per heavy atom. The highest BCUT2D eigenvalue weighted by molar-refractivity contribution is 5.87. The van der Waals surface area contributed by atoms with E-state index >= 15 is 0 Å². The number of nitrogens with zero attached hydrogens (tertiary/aromatic N) is 5. The van der Waals surface area contributed by atoms with Crippen LogP contribution >= 0.6 is 0 Å². The second-order valence-electron chi connectivity index (χ2n) is 7.32. The highest BCUT2D eigenvalue weighted by Gasteiger charge is 2.32. The number of benzene rings is 1. The normalized spacial score (nSPS) is 20.9. The molecule has 136 valence electrons. The van der Waals surface area contributed by atoms with Gasteiger partial charge in [-0.2, -0.15) is 5.10 Å². The zero-order valence-electron chi connectivity index (χ0n) is 15.8. The molecule has 3 heterocycles. The van der Waals surface area contributed by atoms with E-state index in [1.54, 1.807) is 0 Å². The van der Waals surface area contributed by atoms with Gasteiger partial charge in [-0.1, -0.05) is 44.2 Å². The molecule has 0 unspecified atom stereocenters. The molecule has 2 aromatic heterocycles. The molecule has 3 aromatic rings. The fraction of sp³-hybridized carbons (Fsp3) is 0.450. The largest absolute Gasteiger partial charge is 0.366 e. The van der Waals surface area contributed by atoms with Crippen LogP contribution in [0.4, 0.5) is 5.82 Å². The summed E-state index contributed by atoms with van der Waals surface area (Å²) in [5.41, 5.74) is 2.08. The van der Waals surface area contributed by atoms with Crippen LogP contribution in [0, 0.1) is 12.8 Å². The summed E-state index contributed by atoms with van der Waals surface area (Å²) >= 11 is 0. The first-order valence-corrected chi connectivity index (χ1v) is 9.14. The van der Waals surface area contributed by atoms with Crippen molar-refractivity contribution in [1.82, 2.24) is 19.7 Å². The molecule has 0 saturated carbocycles.